The van der Waals surface area contributed by atoms with E-state index < -0.39 is 29.8 Å². The molecule has 0 spiro atoms. The zero-order chi connectivity index (χ0) is 25.2. The highest BCUT2D eigenvalue weighted by Crippen LogP contribution is 2.37. The van der Waals surface area contributed by atoms with Gasteiger partial charge < -0.3 is 14.7 Å². The minimum atomic E-state index is -1.19. The van der Waals surface area contributed by atoms with Gasteiger partial charge in [0.2, 0.25) is 5.91 Å². The van der Waals surface area contributed by atoms with E-state index in [1.54, 1.807) is 6.07 Å². The summed E-state index contributed by atoms with van der Waals surface area (Å²) in [5, 5.41) is 10.1. The Labute approximate surface area is 213 Å². The van der Waals surface area contributed by atoms with E-state index in [0.717, 1.165) is 27.3 Å². The SMILES string of the molecule is CC1(Cc2ccc(Cl)cc2)Cc2cc(CC(=O)N(CC(=O)O)Cc3c(F)cccc3Cl)ccc2O1. The molecule has 1 heterocycles. The van der Waals surface area contributed by atoms with Crippen LogP contribution in [0.15, 0.2) is 60.7 Å². The third-order valence-electron chi connectivity index (χ3n) is 5.98. The first-order chi connectivity index (χ1) is 16.6. The molecule has 0 bridgehead atoms. The van der Waals surface area contributed by atoms with E-state index in [-0.39, 0.29) is 23.6 Å². The van der Waals surface area contributed by atoms with Gasteiger partial charge in [-0.3, -0.25) is 9.59 Å². The summed E-state index contributed by atoms with van der Waals surface area (Å²) in [5.41, 5.74) is 2.47. The molecule has 1 aliphatic heterocycles. The van der Waals surface area contributed by atoms with Gasteiger partial charge in [0.1, 0.15) is 23.7 Å². The number of benzene rings is 3. The molecule has 0 radical (unpaired) electrons. The van der Waals surface area contributed by atoms with Gasteiger partial charge in [0, 0.05) is 28.5 Å². The molecule has 0 saturated heterocycles. The fourth-order valence-corrected chi connectivity index (χ4v) is 4.72. The summed E-state index contributed by atoms with van der Waals surface area (Å²) < 4.78 is 20.5. The number of ether oxygens (including phenoxy) is 1. The normalized spacial score (nSPS) is 16.5. The number of aliphatic carboxylic acids is 1. The average Bonchev–Trinajstić information content (AvgIpc) is 3.12. The van der Waals surface area contributed by atoms with E-state index in [4.69, 9.17) is 27.9 Å². The standard InChI is InChI=1S/C27H24Cl2FNO4/c1-27(13-17-5-8-20(28)9-6-17)14-19-11-18(7-10-24(19)35-27)12-25(32)31(16-26(33)34)15-21-22(29)3-2-4-23(21)30/h2-11H,12-16H2,1H3,(H,33,34). The van der Waals surface area contributed by atoms with Crippen LogP contribution in [0.2, 0.25) is 10.0 Å². The van der Waals surface area contributed by atoms with Crippen LogP contribution in [0.1, 0.15) is 29.2 Å². The molecule has 1 amide bonds. The van der Waals surface area contributed by atoms with Crippen LogP contribution in [0, 0.1) is 5.82 Å². The van der Waals surface area contributed by atoms with Gasteiger partial charge in [0.25, 0.3) is 0 Å². The molecule has 1 N–H and O–H groups in total. The smallest absolute Gasteiger partial charge is 0.323 e. The van der Waals surface area contributed by atoms with Crippen LogP contribution in [0.25, 0.3) is 0 Å². The van der Waals surface area contributed by atoms with Gasteiger partial charge in [-0.25, -0.2) is 4.39 Å². The Bertz CT molecular complexity index is 1240. The molecule has 8 heteroatoms. The van der Waals surface area contributed by atoms with Gasteiger partial charge in [-0.05, 0) is 53.9 Å². The van der Waals surface area contributed by atoms with Crippen molar-refractivity contribution >= 4 is 35.1 Å². The number of halogens is 3. The fourth-order valence-electron chi connectivity index (χ4n) is 4.37. The molecule has 35 heavy (non-hydrogen) atoms. The van der Waals surface area contributed by atoms with Gasteiger partial charge >= 0.3 is 5.97 Å². The van der Waals surface area contributed by atoms with Crippen molar-refractivity contribution in [1.82, 2.24) is 4.90 Å². The van der Waals surface area contributed by atoms with Gasteiger partial charge in [-0.15, -0.1) is 0 Å². The second-order valence-electron chi connectivity index (χ2n) is 8.99. The minimum Gasteiger partial charge on any atom is -0.487 e. The van der Waals surface area contributed by atoms with Crippen molar-refractivity contribution in [1.29, 1.82) is 0 Å². The van der Waals surface area contributed by atoms with E-state index >= 15 is 0 Å². The molecule has 0 aliphatic carbocycles. The largest absolute Gasteiger partial charge is 0.487 e. The summed E-state index contributed by atoms with van der Waals surface area (Å²) in [6.07, 6.45) is 1.33. The number of carboxylic acids is 1. The number of amides is 1. The van der Waals surface area contributed by atoms with Crippen LogP contribution in [0.3, 0.4) is 0 Å². The van der Waals surface area contributed by atoms with Crippen LogP contribution in [-0.2, 0) is 35.4 Å². The first-order valence-corrected chi connectivity index (χ1v) is 11.9. The molecule has 4 rings (SSSR count). The molecule has 1 atom stereocenters. The topological polar surface area (TPSA) is 66.8 Å². The Balaban J connectivity index is 1.47. The lowest BCUT2D eigenvalue weighted by molar-refractivity contribution is -0.144. The van der Waals surface area contributed by atoms with E-state index in [0.29, 0.717) is 17.9 Å². The quantitative estimate of drug-likeness (QED) is 0.416. The van der Waals surface area contributed by atoms with Crippen molar-refractivity contribution in [2.24, 2.45) is 0 Å². The fraction of sp³-hybridized carbons (Fsp3) is 0.259. The van der Waals surface area contributed by atoms with Gasteiger partial charge in [-0.2, -0.15) is 0 Å². The van der Waals surface area contributed by atoms with Crippen molar-refractivity contribution in [3.63, 3.8) is 0 Å². The minimum absolute atomic E-state index is 0.0273. The maximum absolute atomic E-state index is 14.2. The van der Waals surface area contributed by atoms with Crippen LogP contribution in [-0.4, -0.2) is 34.0 Å². The zero-order valence-electron chi connectivity index (χ0n) is 19.1. The maximum atomic E-state index is 14.2. The number of carbonyl (C=O) groups is 2. The predicted molar refractivity (Wildman–Crippen MR) is 133 cm³/mol. The summed E-state index contributed by atoms with van der Waals surface area (Å²) in [6, 6.07) is 17.4. The second kappa shape index (κ2) is 10.3. The molecule has 182 valence electrons. The molecular formula is C27H24Cl2FNO4. The molecule has 0 aromatic heterocycles. The van der Waals surface area contributed by atoms with Crippen LogP contribution in [0.4, 0.5) is 4.39 Å². The Kier molecular flexibility index (Phi) is 7.33. The molecule has 0 fully saturated rings. The number of hydrogen-bond donors (Lipinski definition) is 1. The summed E-state index contributed by atoms with van der Waals surface area (Å²) in [6.45, 7) is 1.25. The third kappa shape index (κ3) is 6.13. The van der Waals surface area contributed by atoms with E-state index in [1.165, 1.54) is 18.2 Å². The summed E-state index contributed by atoms with van der Waals surface area (Å²) in [7, 11) is 0. The van der Waals surface area contributed by atoms with Gasteiger partial charge in [0.15, 0.2) is 0 Å². The number of carbonyl (C=O) groups excluding carboxylic acids is 1. The second-order valence-corrected chi connectivity index (χ2v) is 9.84. The summed E-state index contributed by atoms with van der Waals surface area (Å²) >= 11 is 12.1. The van der Waals surface area contributed by atoms with Crippen LogP contribution < -0.4 is 4.74 Å². The molecule has 5 nitrogen and oxygen atoms in total. The monoisotopic (exact) mass is 515 g/mol. The molecule has 3 aromatic carbocycles. The van der Waals surface area contributed by atoms with Crippen molar-refractivity contribution in [3.05, 3.63) is 98.8 Å². The number of fused-ring (bicyclic) bond motifs is 1. The molecule has 1 aliphatic rings. The Morgan fingerprint density at radius 3 is 2.49 bits per heavy atom. The lowest BCUT2D eigenvalue weighted by Gasteiger charge is -2.24. The first kappa shape index (κ1) is 25.0. The highest BCUT2D eigenvalue weighted by molar-refractivity contribution is 6.31. The van der Waals surface area contributed by atoms with Crippen LogP contribution in [0.5, 0.6) is 5.75 Å². The van der Waals surface area contributed by atoms with Crippen LogP contribution >= 0.6 is 23.2 Å². The first-order valence-electron chi connectivity index (χ1n) is 11.1. The zero-order valence-corrected chi connectivity index (χ0v) is 20.6. The Morgan fingerprint density at radius 1 is 1.09 bits per heavy atom. The van der Waals surface area contributed by atoms with E-state index in [9.17, 15) is 19.1 Å². The van der Waals surface area contributed by atoms with Crippen molar-refractivity contribution < 1.29 is 23.8 Å². The molecular weight excluding hydrogens is 492 g/mol. The number of rotatable bonds is 8. The van der Waals surface area contributed by atoms with Crippen molar-refractivity contribution in [3.8, 4) is 5.75 Å². The third-order valence-corrected chi connectivity index (χ3v) is 6.59. The Hall–Kier alpha value is -3.09. The van der Waals surface area contributed by atoms with Crippen molar-refractivity contribution in [2.75, 3.05) is 6.54 Å². The summed E-state index contributed by atoms with van der Waals surface area (Å²) in [4.78, 5) is 25.5. The average molecular weight is 516 g/mol. The van der Waals surface area contributed by atoms with Gasteiger partial charge in [0.05, 0.1) is 13.0 Å². The number of carboxylic acid groups (broad SMARTS) is 1. The van der Waals surface area contributed by atoms with E-state index in [1.807, 2.05) is 43.3 Å². The molecule has 1 unspecified atom stereocenters. The summed E-state index contributed by atoms with van der Waals surface area (Å²) in [5.74, 6) is -1.45. The highest BCUT2D eigenvalue weighted by atomic mass is 35.5. The predicted octanol–water partition coefficient (Wildman–Crippen LogP) is 5.72. The Morgan fingerprint density at radius 2 is 1.80 bits per heavy atom. The molecule has 3 aromatic rings. The molecule has 0 saturated carbocycles. The van der Waals surface area contributed by atoms with Crippen molar-refractivity contribution in [2.45, 2.75) is 38.3 Å². The highest BCUT2D eigenvalue weighted by Gasteiger charge is 2.35. The number of hydrogen-bond acceptors (Lipinski definition) is 3. The lowest BCUT2D eigenvalue weighted by Crippen LogP contribution is -2.36. The maximum Gasteiger partial charge on any atom is 0.323 e. The van der Waals surface area contributed by atoms with Gasteiger partial charge in [-0.1, -0.05) is 53.5 Å². The number of nitrogens with zero attached hydrogens (tertiary/aromatic N) is 1. The lowest BCUT2D eigenvalue weighted by atomic mass is 9.91. The van der Waals surface area contributed by atoms with E-state index in [2.05, 4.69) is 0 Å².